The van der Waals surface area contributed by atoms with E-state index in [2.05, 4.69) is 21.2 Å². The van der Waals surface area contributed by atoms with Gasteiger partial charge in [-0.1, -0.05) is 46.3 Å². The molecule has 2 aromatic rings. The van der Waals surface area contributed by atoms with Crippen LogP contribution < -0.4 is 5.32 Å². The van der Waals surface area contributed by atoms with Crippen molar-refractivity contribution in [1.82, 2.24) is 9.62 Å². The normalized spacial score (nSPS) is 17.4. The van der Waals surface area contributed by atoms with Crippen molar-refractivity contribution in [3.05, 3.63) is 64.6 Å². The SMILES string of the molecule is CC(NC(=O)C1CCN(S(=O)(=O)c2ccc(Br)cc2)CC1)c1ccccc1. The molecule has 0 bridgehead atoms. The van der Waals surface area contributed by atoms with Crippen LogP contribution in [0.3, 0.4) is 0 Å². The van der Waals surface area contributed by atoms with E-state index in [1.165, 1.54) is 4.31 Å². The van der Waals surface area contributed by atoms with Crippen LogP contribution in [-0.2, 0) is 14.8 Å². The van der Waals surface area contributed by atoms with Crippen molar-refractivity contribution in [2.24, 2.45) is 5.92 Å². The number of nitrogens with one attached hydrogen (secondary N) is 1. The van der Waals surface area contributed by atoms with Gasteiger partial charge in [0.25, 0.3) is 0 Å². The molecule has 2 aromatic carbocycles. The molecular formula is C20H23BrN2O3S. The second kappa shape index (κ2) is 8.54. The molecule has 5 nitrogen and oxygen atoms in total. The molecule has 3 rings (SSSR count). The average Bonchev–Trinajstić information content (AvgIpc) is 2.69. The van der Waals surface area contributed by atoms with Crippen LogP contribution in [0, 0.1) is 5.92 Å². The van der Waals surface area contributed by atoms with E-state index in [-0.39, 0.29) is 22.8 Å². The molecule has 0 saturated carbocycles. The molecule has 1 atom stereocenters. The third-order valence-electron chi connectivity index (χ3n) is 4.93. The second-order valence-corrected chi connectivity index (χ2v) is 9.63. The van der Waals surface area contributed by atoms with Crippen molar-refractivity contribution in [2.75, 3.05) is 13.1 Å². The van der Waals surface area contributed by atoms with E-state index in [1.54, 1.807) is 24.3 Å². The minimum absolute atomic E-state index is 0.00737. The summed E-state index contributed by atoms with van der Waals surface area (Å²) in [6, 6.07) is 16.4. The molecule has 1 heterocycles. The van der Waals surface area contributed by atoms with Crippen LogP contribution in [-0.4, -0.2) is 31.7 Å². The third kappa shape index (κ3) is 4.78. The highest BCUT2D eigenvalue weighted by molar-refractivity contribution is 9.10. The van der Waals surface area contributed by atoms with Crippen LogP contribution in [0.25, 0.3) is 0 Å². The molecule has 0 spiro atoms. The molecular weight excluding hydrogens is 428 g/mol. The number of hydrogen-bond acceptors (Lipinski definition) is 3. The number of amides is 1. The molecule has 1 aliphatic heterocycles. The van der Waals surface area contributed by atoms with Crippen LogP contribution in [0.1, 0.15) is 31.4 Å². The summed E-state index contributed by atoms with van der Waals surface area (Å²) in [6.45, 7) is 2.67. The molecule has 1 unspecified atom stereocenters. The van der Waals surface area contributed by atoms with Gasteiger partial charge >= 0.3 is 0 Å². The van der Waals surface area contributed by atoms with E-state index in [4.69, 9.17) is 0 Å². The van der Waals surface area contributed by atoms with Gasteiger partial charge in [-0.3, -0.25) is 4.79 Å². The monoisotopic (exact) mass is 450 g/mol. The first-order chi connectivity index (χ1) is 12.9. The Kier molecular flexibility index (Phi) is 6.34. The molecule has 27 heavy (non-hydrogen) atoms. The Hall–Kier alpha value is -1.70. The molecule has 0 aromatic heterocycles. The Morgan fingerprint density at radius 2 is 1.67 bits per heavy atom. The molecule has 1 N–H and O–H groups in total. The van der Waals surface area contributed by atoms with Gasteiger partial charge in [-0.05, 0) is 49.6 Å². The maximum absolute atomic E-state index is 12.7. The zero-order chi connectivity index (χ0) is 19.4. The van der Waals surface area contributed by atoms with Gasteiger partial charge in [-0.2, -0.15) is 4.31 Å². The standard InChI is InChI=1S/C20H23BrN2O3S/c1-15(16-5-3-2-4-6-16)22-20(24)17-11-13-23(14-12-17)27(25,26)19-9-7-18(21)8-10-19/h2-10,15,17H,11-14H2,1H3,(H,22,24). The van der Waals surface area contributed by atoms with E-state index >= 15 is 0 Å². The zero-order valence-corrected chi connectivity index (χ0v) is 17.5. The zero-order valence-electron chi connectivity index (χ0n) is 15.1. The molecule has 1 aliphatic rings. The lowest BCUT2D eigenvalue weighted by Gasteiger charge is -2.31. The molecule has 7 heteroatoms. The van der Waals surface area contributed by atoms with Crippen LogP contribution in [0.15, 0.2) is 64.0 Å². The van der Waals surface area contributed by atoms with Crippen molar-refractivity contribution < 1.29 is 13.2 Å². The third-order valence-corrected chi connectivity index (χ3v) is 7.38. The summed E-state index contributed by atoms with van der Waals surface area (Å²) >= 11 is 3.32. The predicted octanol–water partition coefficient (Wildman–Crippen LogP) is 3.73. The fourth-order valence-electron chi connectivity index (χ4n) is 3.27. The van der Waals surface area contributed by atoms with Crippen molar-refractivity contribution in [3.63, 3.8) is 0 Å². The predicted molar refractivity (Wildman–Crippen MR) is 109 cm³/mol. The van der Waals surface area contributed by atoms with Crippen LogP contribution >= 0.6 is 15.9 Å². The second-order valence-electron chi connectivity index (χ2n) is 6.77. The van der Waals surface area contributed by atoms with Gasteiger partial charge in [0.05, 0.1) is 10.9 Å². The van der Waals surface area contributed by atoms with Crippen molar-refractivity contribution in [1.29, 1.82) is 0 Å². The summed E-state index contributed by atoms with van der Waals surface area (Å²) in [5.41, 5.74) is 1.06. The van der Waals surface area contributed by atoms with E-state index in [1.807, 2.05) is 37.3 Å². The van der Waals surface area contributed by atoms with Gasteiger partial charge in [0.1, 0.15) is 0 Å². The minimum Gasteiger partial charge on any atom is -0.349 e. The number of nitrogens with zero attached hydrogens (tertiary/aromatic N) is 1. The lowest BCUT2D eigenvalue weighted by Crippen LogP contribution is -2.43. The summed E-state index contributed by atoms with van der Waals surface area (Å²) < 4.78 is 27.8. The van der Waals surface area contributed by atoms with E-state index < -0.39 is 10.0 Å². The summed E-state index contributed by atoms with van der Waals surface area (Å²) in [6.07, 6.45) is 1.06. The van der Waals surface area contributed by atoms with E-state index in [0.717, 1.165) is 10.0 Å². The number of halogens is 1. The molecule has 0 aliphatic carbocycles. The minimum atomic E-state index is -3.51. The Morgan fingerprint density at radius 1 is 1.07 bits per heavy atom. The largest absolute Gasteiger partial charge is 0.349 e. The number of hydrogen-bond donors (Lipinski definition) is 1. The first kappa shape index (κ1) is 20.0. The quantitative estimate of drug-likeness (QED) is 0.754. The van der Waals surface area contributed by atoms with Gasteiger partial charge < -0.3 is 5.32 Å². The molecule has 1 amide bonds. The molecule has 1 saturated heterocycles. The maximum atomic E-state index is 12.7. The summed E-state index contributed by atoms with van der Waals surface area (Å²) in [5, 5.41) is 3.05. The Morgan fingerprint density at radius 3 is 2.26 bits per heavy atom. The Labute approximate surface area is 169 Å². The van der Waals surface area contributed by atoms with Gasteiger partial charge in [-0.15, -0.1) is 0 Å². The Balaban J connectivity index is 1.58. The number of carbonyl (C=O) groups excluding carboxylic acids is 1. The highest BCUT2D eigenvalue weighted by atomic mass is 79.9. The highest BCUT2D eigenvalue weighted by Crippen LogP contribution is 2.25. The lowest BCUT2D eigenvalue weighted by molar-refractivity contribution is -0.126. The van der Waals surface area contributed by atoms with Gasteiger partial charge in [0.15, 0.2) is 0 Å². The molecule has 0 radical (unpaired) electrons. The van der Waals surface area contributed by atoms with Crippen molar-refractivity contribution >= 4 is 31.9 Å². The van der Waals surface area contributed by atoms with Crippen LogP contribution in [0.5, 0.6) is 0 Å². The summed E-state index contributed by atoms with van der Waals surface area (Å²) in [7, 11) is -3.51. The van der Waals surface area contributed by atoms with Crippen molar-refractivity contribution in [3.8, 4) is 0 Å². The van der Waals surface area contributed by atoms with Gasteiger partial charge in [0, 0.05) is 23.5 Å². The number of rotatable bonds is 5. The topological polar surface area (TPSA) is 66.5 Å². The van der Waals surface area contributed by atoms with E-state index in [0.29, 0.717) is 25.9 Å². The fourth-order valence-corrected chi connectivity index (χ4v) is 5.00. The number of sulfonamides is 1. The summed E-state index contributed by atoms with van der Waals surface area (Å²) in [4.78, 5) is 12.8. The summed E-state index contributed by atoms with van der Waals surface area (Å²) in [5.74, 6) is -0.167. The first-order valence-corrected chi connectivity index (χ1v) is 11.2. The first-order valence-electron chi connectivity index (χ1n) is 8.99. The Bertz CT molecular complexity index is 877. The lowest BCUT2D eigenvalue weighted by atomic mass is 9.96. The highest BCUT2D eigenvalue weighted by Gasteiger charge is 2.32. The van der Waals surface area contributed by atoms with Gasteiger partial charge in [0.2, 0.25) is 15.9 Å². The van der Waals surface area contributed by atoms with E-state index in [9.17, 15) is 13.2 Å². The van der Waals surface area contributed by atoms with Crippen LogP contribution in [0.2, 0.25) is 0 Å². The average molecular weight is 451 g/mol. The molecule has 1 fully saturated rings. The van der Waals surface area contributed by atoms with Crippen LogP contribution in [0.4, 0.5) is 0 Å². The fraction of sp³-hybridized carbons (Fsp3) is 0.350. The number of benzene rings is 2. The molecule has 144 valence electrons. The number of carbonyl (C=O) groups is 1. The van der Waals surface area contributed by atoms with Gasteiger partial charge in [-0.25, -0.2) is 8.42 Å². The van der Waals surface area contributed by atoms with Crippen molar-refractivity contribution in [2.45, 2.75) is 30.7 Å². The maximum Gasteiger partial charge on any atom is 0.243 e. The number of piperidine rings is 1. The smallest absolute Gasteiger partial charge is 0.243 e.